The summed E-state index contributed by atoms with van der Waals surface area (Å²) >= 11 is 0. The highest BCUT2D eigenvalue weighted by molar-refractivity contribution is 5.95. The van der Waals surface area contributed by atoms with Crippen molar-refractivity contribution in [1.82, 2.24) is 24.6 Å². The van der Waals surface area contributed by atoms with E-state index in [0.717, 1.165) is 16.7 Å². The highest BCUT2D eigenvalue weighted by atomic mass is 16.2. The first-order valence-electron chi connectivity index (χ1n) is 9.79. The van der Waals surface area contributed by atoms with Crippen LogP contribution in [0.5, 0.6) is 0 Å². The van der Waals surface area contributed by atoms with Crippen LogP contribution in [0.1, 0.15) is 23.8 Å². The van der Waals surface area contributed by atoms with Crippen molar-refractivity contribution in [2.45, 2.75) is 19.9 Å². The van der Waals surface area contributed by atoms with Gasteiger partial charge in [0.2, 0.25) is 5.91 Å². The number of amides is 2. The first-order valence-corrected chi connectivity index (χ1v) is 9.79. The standard InChI is InChI=1S/C22H22N6O2/c1-2-21(29)25-20-14-18(26-28(20)16-8-4-3-5-9-16)22(30)23-12-13-27-15-24-17-10-6-7-11-19(17)27/h3-11,14-15H,2,12-13H2,1H3,(H,23,30)(H,25,29). The van der Waals surface area contributed by atoms with E-state index in [1.807, 2.05) is 59.2 Å². The normalized spacial score (nSPS) is 10.8. The molecule has 0 aliphatic heterocycles. The number of nitrogens with one attached hydrogen (secondary N) is 2. The predicted octanol–water partition coefficient (Wildman–Crippen LogP) is 3.00. The van der Waals surface area contributed by atoms with Crippen LogP contribution in [-0.2, 0) is 11.3 Å². The lowest BCUT2D eigenvalue weighted by molar-refractivity contribution is -0.115. The Hall–Kier alpha value is -3.94. The summed E-state index contributed by atoms with van der Waals surface area (Å²) in [4.78, 5) is 28.9. The third kappa shape index (κ3) is 4.07. The molecule has 30 heavy (non-hydrogen) atoms. The van der Waals surface area contributed by atoms with E-state index >= 15 is 0 Å². The van der Waals surface area contributed by atoms with Crippen LogP contribution in [0.25, 0.3) is 16.7 Å². The Labute approximate surface area is 173 Å². The predicted molar refractivity (Wildman–Crippen MR) is 115 cm³/mol. The van der Waals surface area contributed by atoms with Crippen LogP contribution in [0.2, 0.25) is 0 Å². The third-order valence-electron chi connectivity index (χ3n) is 4.70. The van der Waals surface area contributed by atoms with Crippen molar-refractivity contribution in [3.8, 4) is 5.69 Å². The maximum absolute atomic E-state index is 12.7. The molecule has 152 valence electrons. The van der Waals surface area contributed by atoms with Gasteiger partial charge in [0.25, 0.3) is 5.91 Å². The van der Waals surface area contributed by atoms with Crippen LogP contribution in [0.15, 0.2) is 67.0 Å². The van der Waals surface area contributed by atoms with Gasteiger partial charge in [0.15, 0.2) is 5.69 Å². The van der Waals surface area contributed by atoms with Crippen LogP contribution >= 0.6 is 0 Å². The van der Waals surface area contributed by atoms with E-state index in [1.165, 1.54) is 0 Å². The summed E-state index contributed by atoms with van der Waals surface area (Å²) < 4.78 is 3.55. The van der Waals surface area contributed by atoms with Gasteiger partial charge in [0.1, 0.15) is 5.82 Å². The summed E-state index contributed by atoms with van der Waals surface area (Å²) in [7, 11) is 0. The first kappa shape index (κ1) is 19.4. The average molecular weight is 402 g/mol. The van der Waals surface area contributed by atoms with Crippen molar-refractivity contribution in [2.75, 3.05) is 11.9 Å². The molecule has 0 fully saturated rings. The fraction of sp³-hybridized carbons (Fsp3) is 0.182. The molecule has 0 aliphatic rings. The molecule has 2 N–H and O–H groups in total. The molecule has 0 saturated heterocycles. The highest BCUT2D eigenvalue weighted by Gasteiger charge is 2.16. The van der Waals surface area contributed by atoms with Crippen molar-refractivity contribution < 1.29 is 9.59 Å². The molecule has 4 rings (SSSR count). The van der Waals surface area contributed by atoms with Crippen molar-refractivity contribution in [2.24, 2.45) is 0 Å². The Kier molecular flexibility index (Phi) is 5.56. The van der Waals surface area contributed by atoms with Crippen molar-refractivity contribution in [3.05, 3.63) is 72.7 Å². The van der Waals surface area contributed by atoms with Crippen LogP contribution < -0.4 is 10.6 Å². The molecule has 8 heteroatoms. The summed E-state index contributed by atoms with van der Waals surface area (Å²) in [5.41, 5.74) is 2.93. The molecule has 2 heterocycles. The van der Waals surface area contributed by atoms with Gasteiger partial charge in [-0.05, 0) is 24.3 Å². The van der Waals surface area contributed by atoms with E-state index in [1.54, 1.807) is 24.0 Å². The quantitative estimate of drug-likeness (QED) is 0.497. The molecular weight excluding hydrogens is 380 g/mol. The van der Waals surface area contributed by atoms with Crippen LogP contribution in [0.3, 0.4) is 0 Å². The van der Waals surface area contributed by atoms with Gasteiger partial charge in [0.05, 0.1) is 23.0 Å². The molecule has 0 unspecified atom stereocenters. The van der Waals surface area contributed by atoms with Gasteiger partial charge in [-0.3, -0.25) is 9.59 Å². The van der Waals surface area contributed by atoms with Gasteiger partial charge >= 0.3 is 0 Å². The van der Waals surface area contributed by atoms with Gasteiger partial charge in [-0.25, -0.2) is 9.67 Å². The van der Waals surface area contributed by atoms with Gasteiger partial charge in [0, 0.05) is 25.6 Å². The van der Waals surface area contributed by atoms with E-state index in [0.29, 0.717) is 25.3 Å². The molecule has 2 aromatic carbocycles. The minimum absolute atomic E-state index is 0.147. The van der Waals surface area contributed by atoms with Crippen molar-refractivity contribution in [1.29, 1.82) is 0 Å². The fourth-order valence-corrected chi connectivity index (χ4v) is 3.15. The van der Waals surface area contributed by atoms with E-state index in [9.17, 15) is 9.59 Å². The van der Waals surface area contributed by atoms with Crippen molar-refractivity contribution in [3.63, 3.8) is 0 Å². The lowest BCUT2D eigenvalue weighted by atomic mass is 10.3. The Balaban J connectivity index is 1.48. The molecule has 0 bridgehead atoms. The van der Waals surface area contributed by atoms with E-state index < -0.39 is 0 Å². The molecule has 0 atom stereocenters. The maximum atomic E-state index is 12.7. The third-order valence-corrected chi connectivity index (χ3v) is 4.70. The molecule has 4 aromatic rings. The largest absolute Gasteiger partial charge is 0.349 e. The van der Waals surface area contributed by atoms with Gasteiger partial charge in [-0.15, -0.1) is 0 Å². The fourth-order valence-electron chi connectivity index (χ4n) is 3.15. The van der Waals surface area contributed by atoms with Gasteiger partial charge in [-0.1, -0.05) is 37.3 Å². The SMILES string of the molecule is CCC(=O)Nc1cc(C(=O)NCCn2cnc3ccccc32)nn1-c1ccccc1. The number of nitrogens with zero attached hydrogens (tertiary/aromatic N) is 4. The molecule has 8 nitrogen and oxygen atoms in total. The number of benzene rings is 2. The molecule has 0 aliphatic carbocycles. The second-order valence-electron chi connectivity index (χ2n) is 6.75. The summed E-state index contributed by atoms with van der Waals surface area (Å²) in [5.74, 6) is 0.00549. The lowest BCUT2D eigenvalue weighted by Crippen LogP contribution is -2.27. The second-order valence-corrected chi connectivity index (χ2v) is 6.75. The average Bonchev–Trinajstić information content (AvgIpc) is 3.39. The summed E-state index contributed by atoms with van der Waals surface area (Å²) in [6.07, 6.45) is 2.10. The molecule has 0 radical (unpaired) electrons. The highest BCUT2D eigenvalue weighted by Crippen LogP contribution is 2.18. The first-order chi connectivity index (χ1) is 14.7. The molecule has 0 spiro atoms. The number of carbonyl (C=O) groups is 2. The van der Waals surface area contributed by atoms with Crippen LogP contribution in [-0.4, -0.2) is 37.7 Å². The number of fused-ring (bicyclic) bond motifs is 1. The number of hydrogen-bond donors (Lipinski definition) is 2. The lowest BCUT2D eigenvalue weighted by Gasteiger charge is -2.07. The molecule has 2 amide bonds. The number of hydrogen-bond acceptors (Lipinski definition) is 4. The van der Waals surface area contributed by atoms with Crippen LogP contribution in [0.4, 0.5) is 5.82 Å². The van der Waals surface area contributed by atoms with E-state index in [4.69, 9.17) is 0 Å². The topological polar surface area (TPSA) is 93.8 Å². The summed E-state index contributed by atoms with van der Waals surface area (Å²) in [5, 5.41) is 10.1. The zero-order valence-electron chi connectivity index (χ0n) is 16.6. The zero-order valence-corrected chi connectivity index (χ0v) is 16.6. The number of aromatic nitrogens is 4. The maximum Gasteiger partial charge on any atom is 0.271 e. The summed E-state index contributed by atoms with van der Waals surface area (Å²) in [6, 6.07) is 18.8. The van der Waals surface area contributed by atoms with Gasteiger partial charge < -0.3 is 15.2 Å². The number of rotatable bonds is 7. The number of para-hydroxylation sites is 3. The van der Waals surface area contributed by atoms with Crippen LogP contribution in [0, 0.1) is 0 Å². The second kappa shape index (κ2) is 8.60. The number of anilines is 1. The monoisotopic (exact) mass is 402 g/mol. The van der Waals surface area contributed by atoms with E-state index in [-0.39, 0.29) is 17.5 Å². The van der Waals surface area contributed by atoms with Gasteiger partial charge in [-0.2, -0.15) is 5.10 Å². The molecule has 2 aromatic heterocycles. The minimum atomic E-state index is -0.305. The molecule has 0 saturated carbocycles. The number of carbonyl (C=O) groups excluding carboxylic acids is 2. The van der Waals surface area contributed by atoms with E-state index in [2.05, 4.69) is 20.7 Å². The Morgan fingerprint density at radius 3 is 2.60 bits per heavy atom. The molecular formula is C22H22N6O2. The smallest absolute Gasteiger partial charge is 0.271 e. The number of imidazole rings is 1. The minimum Gasteiger partial charge on any atom is -0.349 e. The zero-order chi connectivity index (χ0) is 20.9. The van der Waals surface area contributed by atoms with Crippen molar-refractivity contribution >= 4 is 28.7 Å². The Bertz CT molecular complexity index is 1180. The Morgan fingerprint density at radius 1 is 1.03 bits per heavy atom. The Morgan fingerprint density at radius 2 is 1.80 bits per heavy atom. The summed E-state index contributed by atoms with van der Waals surface area (Å²) in [6.45, 7) is 2.78.